The van der Waals surface area contributed by atoms with E-state index in [0.29, 0.717) is 13.2 Å². The first-order chi connectivity index (χ1) is 4.88. The van der Waals surface area contributed by atoms with Crippen LogP contribution in [0.2, 0.25) is 0 Å². The van der Waals surface area contributed by atoms with Gasteiger partial charge in [-0.15, -0.1) is 0 Å². The summed E-state index contributed by atoms with van der Waals surface area (Å²) in [7, 11) is 0. The highest BCUT2D eigenvalue weighted by molar-refractivity contribution is 4.98. The van der Waals surface area contributed by atoms with Gasteiger partial charge in [-0.05, 0) is 6.54 Å². The molecule has 0 aliphatic heterocycles. The molecule has 4 N–H and O–H groups in total. The molecule has 0 saturated carbocycles. The van der Waals surface area contributed by atoms with Gasteiger partial charge in [-0.2, -0.15) is 0 Å². The third-order valence-corrected chi connectivity index (χ3v) is 1.40. The molecule has 0 spiro atoms. The van der Waals surface area contributed by atoms with Gasteiger partial charge in [-0.3, -0.25) is 0 Å². The lowest BCUT2D eigenvalue weighted by Gasteiger charge is -2.01. The molecule has 4 nitrogen and oxygen atoms in total. The Morgan fingerprint density at radius 3 is 2.90 bits per heavy atom. The molecule has 0 bridgehead atoms. The van der Waals surface area contributed by atoms with Crippen LogP contribution in [0.25, 0.3) is 0 Å². The van der Waals surface area contributed by atoms with Crippen LogP contribution < -0.4 is 11.5 Å². The summed E-state index contributed by atoms with van der Waals surface area (Å²) in [6.07, 6.45) is 4.35. The second-order valence-corrected chi connectivity index (χ2v) is 2.08. The van der Waals surface area contributed by atoms with Gasteiger partial charge in [0.15, 0.2) is 0 Å². The van der Waals surface area contributed by atoms with Crippen LogP contribution in [0.15, 0.2) is 12.5 Å². The smallest absolute Gasteiger partial charge is 0.0959 e. The minimum absolute atomic E-state index is 0.481. The number of hydrogen-bond acceptors (Lipinski definition) is 3. The van der Waals surface area contributed by atoms with E-state index >= 15 is 0 Å². The zero-order valence-electron chi connectivity index (χ0n) is 5.83. The molecular formula is C6H12N4. The van der Waals surface area contributed by atoms with Crippen LogP contribution in [0, 0.1) is 0 Å². The Balaban J connectivity index is 2.70. The number of nitrogens with zero attached hydrogens (tertiary/aromatic N) is 2. The molecule has 4 heteroatoms. The zero-order valence-corrected chi connectivity index (χ0v) is 5.83. The van der Waals surface area contributed by atoms with Gasteiger partial charge in [0, 0.05) is 18.3 Å². The van der Waals surface area contributed by atoms with E-state index in [1.165, 1.54) is 0 Å². The minimum atomic E-state index is 0.481. The van der Waals surface area contributed by atoms with E-state index < -0.39 is 0 Å². The maximum atomic E-state index is 5.41. The fourth-order valence-corrected chi connectivity index (χ4v) is 0.869. The summed E-state index contributed by atoms with van der Waals surface area (Å²) < 4.78 is 1.88. The molecule has 1 heterocycles. The highest BCUT2D eigenvalue weighted by Crippen LogP contribution is 1.96. The van der Waals surface area contributed by atoms with Crippen molar-refractivity contribution in [3.8, 4) is 0 Å². The van der Waals surface area contributed by atoms with Gasteiger partial charge in [0.1, 0.15) is 0 Å². The fraction of sp³-hybridized carbons (Fsp3) is 0.500. The lowest BCUT2D eigenvalue weighted by Crippen LogP contribution is -2.12. The molecule has 1 aromatic rings. The van der Waals surface area contributed by atoms with Crippen LogP contribution in [-0.4, -0.2) is 16.1 Å². The van der Waals surface area contributed by atoms with Crippen LogP contribution in [0.5, 0.6) is 0 Å². The highest BCUT2D eigenvalue weighted by Gasteiger charge is 1.96. The quantitative estimate of drug-likeness (QED) is 0.583. The lowest BCUT2D eigenvalue weighted by molar-refractivity contribution is 0.684. The maximum Gasteiger partial charge on any atom is 0.0959 e. The van der Waals surface area contributed by atoms with E-state index in [0.717, 1.165) is 12.1 Å². The molecule has 0 aliphatic rings. The second-order valence-electron chi connectivity index (χ2n) is 2.08. The predicted molar refractivity (Wildman–Crippen MR) is 39.2 cm³/mol. The van der Waals surface area contributed by atoms with Crippen molar-refractivity contribution in [1.82, 2.24) is 9.55 Å². The van der Waals surface area contributed by atoms with Crippen LogP contribution >= 0.6 is 0 Å². The Bertz CT molecular complexity index is 193. The summed E-state index contributed by atoms with van der Waals surface area (Å²) in [5.41, 5.74) is 11.9. The number of rotatable bonds is 3. The van der Waals surface area contributed by atoms with E-state index in [9.17, 15) is 0 Å². The molecule has 0 aliphatic carbocycles. The highest BCUT2D eigenvalue weighted by atomic mass is 15.1. The van der Waals surface area contributed by atoms with E-state index in [1.807, 2.05) is 4.57 Å². The van der Waals surface area contributed by atoms with Crippen molar-refractivity contribution in [2.24, 2.45) is 11.5 Å². The van der Waals surface area contributed by atoms with E-state index in [4.69, 9.17) is 11.5 Å². The zero-order chi connectivity index (χ0) is 7.40. The van der Waals surface area contributed by atoms with Gasteiger partial charge in [0.25, 0.3) is 0 Å². The summed E-state index contributed by atoms with van der Waals surface area (Å²) in [5, 5.41) is 0. The summed E-state index contributed by atoms with van der Waals surface area (Å²) in [5.74, 6) is 0. The van der Waals surface area contributed by atoms with Crippen molar-refractivity contribution in [1.29, 1.82) is 0 Å². The van der Waals surface area contributed by atoms with Crippen molar-refractivity contribution >= 4 is 0 Å². The Labute approximate surface area is 59.8 Å². The van der Waals surface area contributed by atoms with E-state index in [2.05, 4.69) is 4.98 Å². The predicted octanol–water partition coefficient (Wildman–Crippen LogP) is -0.700. The Hall–Kier alpha value is -0.870. The first kappa shape index (κ1) is 7.24. The molecule has 0 unspecified atom stereocenters. The standard InChI is InChI=1S/C6H12N4/c7-2-1-6-3-9-5-10(6)4-8/h3,5H,1-2,4,7-8H2. The van der Waals surface area contributed by atoms with Crippen molar-refractivity contribution < 1.29 is 0 Å². The van der Waals surface area contributed by atoms with Crippen molar-refractivity contribution in [3.05, 3.63) is 18.2 Å². The molecule has 0 fully saturated rings. The molecule has 0 amide bonds. The maximum absolute atomic E-state index is 5.41. The number of hydrogen-bond donors (Lipinski definition) is 2. The number of nitrogens with two attached hydrogens (primary N) is 2. The lowest BCUT2D eigenvalue weighted by atomic mass is 10.3. The Morgan fingerprint density at radius 1 is 1.50 bits per heavy atom. The Morgan fingerprint density at radius 2 is 2.30 bits per heavy atom. The summed E-state index contributed by atoms with van der Waals surface area (Å²) in [6.45, 7) is 1.13. The largest absolute Gasteiger partial charge is 0.330 e. The number of imidazole rings is 1. The summed E-state index contributed by atoms with van der Waals surface area (Å²) >= 11 is 0. The van der Waals surface area contributed by atoms with E-state index in [-0.39, 0.29) is 0 Å². The molecule has 0 saturated heterocycles. The fourth-order valence-electron chi connectivity index (χ4n) is 0.869. The van der Waals surface area contributed by atoms with Crippen LogP contribution in [-0.2, 0) is 13.1 Å². The average molecular weight is 140 g/mol. The van der Waals surface area contributed by atoms with Gasteiger partial charge < -0.3 is 16.0 Å². The van der Waals surface area contributed by atoms with Gasteiger partial charge in [0.05, 0.1) is 13.0 Å². The van der Waals surface area contributed by atoms with Crippen molar-refractivity contribution in [2.45, 2.75) is 13.1 Å². The van der Waals surface area contributed by atoms with Crippen LogP contribution in [0.1, 0.15) is 5.69 Å². The molecule has 56 valence electrons. The van der Waals surface area contributed by atoms with Crippen molar-refractivity contribution in [2.75, 3.05) is 6.54 Å². The topological polar surface area (TPSA) is 69.9 Å². The molecular weight excluding hydrogens is 128 g/mol. The molecule has 0 radical (unpaired) electrons. The second kappa shape index (κ2) is 3.34. The number of aromatic nitrogens is 2. The molecule has 10 heavy (non-hydrogen) atoms. The molecule has 1 rings (SSSR count). The van der Waals surface area contributed by atoms with Gasteiger partial charge in [0.2, 0.25) is 0 Å². The first-order valence-electron chi connectivity index (χ1n) is 3.27. The third kappa shape index (κ3) is 1.34. The summed E-state index contributed by atoms with van der Waals surface area (Å²) in [6, 6.07) is 0. The van der Waals surface area contributed by atoms with Gasteiger partial charge in [-0.1, -0.05) is 0 Å². The average Bonchev–Trinajstić information content (AvgIpc) is 2.36. The van der Waals surface area contributed by atoms with Crippen LogP contribution in [0.4, 0.5) is 0 Å². The summed E-state index contributed by atoms with van der Waals surface area (Å²) in [4.78, 5) is 3.94. The van der Waals surface area contributed by atoms with E-state index in [1.54, 1.807) is 12.5 Å². The first-order valence-corrected chi connectivity index (χ1v) is 3.27. The molecule has 0 aromatic carbocycles. The van der Waals surface area contributed by atoms with Crippen LogP contribution in [0.3, 0.4) is 0 Å². The monoisotopic (exact) mass is 140 g/mol. The normalized spacial score (nSPS) is 10.2. The Kier molecular flexibility index (Phi) is 2.42. The van der Waals surface area contributed by atoms with Gasteiger partial charge in [-0.25, -0.2) is 4.98 Å². The van der Waals surface area contributed by atoms with Crippen molar-refractivity contribution in [3.63, 3.8) is 0 Å². The molecule has 1 aromatic heterocycles. The minimum Gasteiger partial charge on any atom is -0.330 e. The molecule has 0 atom stereocenters. The third-order valence-electron chi connectivity index (χ3n) is 1.40. The SMILES string of the molecule is NCCc1cncn1CN. The van der Waals surface area contributed by atoms with Gasteiger partial charge >= 0.3 is 0 Å².